The summed E-state index contributed by atoms with van der Waals surface area (Å²) < 4.78 is 24.0. The Hall–Kier alpha value is -2.32. The number of nitrogens with one attached hydrogen (secondary N) is 1. The third-order valence-corrected chi connectivity index (χ3v) is 4.83. The van der Waals surface area contributed by atoms with Crippen molar-refractivity contribution in [2.24, 2.45) is 0 Å². The Balaban J connectivity index is 1.44. The Labute approximate surface area is 150 Å². The van der Waals surface area contributed by atoms with Crippen molar-refractivity contribution in [2.75, 3.05) is 32.8 Å². The number of morpholine rings is 1. The van der Waals surface area contributed by atoms with Gasteiger partial charge in [0.05, 0.1) is 12.5 Å². The number of amides is 1. The van der Waals surface area contributed by atoms with Crippen LogP contribution < -0.4 is 5.32 Å². The molecule has 26 heavy (non-hydrogen) atoms. The SMILES string of the molecule is O=C(C1CNCCO1)N1CCCC(c2nc(-c3ccc(F)cc3)no2)C1. The number of likely N-dealkylation sites (tertiary alicyclic amines) is 1. The van der Waals surface area contributed by atoms with Crippen LogP contribution in [-0.4, -0.2) is 59.8 Å². The van der Waals surface area contributed by atoms with Gasteiger partial charge in [-0.05, 0) is 37.1 Å². The lowest BCUT2D eigenvalue weighted by Crippen LogP contribution is -2.51. The van der Waals surface area contributed by atoms with Crippen LogP contribution in [0.2, 0.25) is 0 Å². The van der Waals surface area contributed by atoms with Gasteiger partial charge in [-0.1, -0.05) is 5.16 Å². The Kier molecular flexibility index (Phi) is 4.94. The predicted molar refractivity (Wildman–Crippen MR) is 90.9 cm³/mol. The van der Waals surface area contributed by atoms with E-state index in [4.69, 9.17) is 9.26 Å². The lowest BCUT2D eigenvalue weighted by molar-refractivity contribution is -0.146. The Bertz CT molecular complexity index is 758. The zero-order chi connectivity index (χ0) is 17.9. The van der Waals surface area contributed by atoms with Gasteiger partial charge in [-0.15, -0.1) is 0 Å². The normalized spacial score (nSPS) is 23.8. The molecule has 2 aliphatic heterocycles. The lowest BCUT2D eigenvalue weighted by atomic mass is 9.97. The van der Waals surface area contributed by atoms with Crippen molar-refractivity contribution in [3.63, 3.8) is 0 Å². The van der Waals surface area contributed by atoms with Crippen LogP contribution in [0.1, 0.15) is 24.7 Å². The van der Waals surface area contributed by atoms with E-state index < -0.39 is 6.10 Å². The molecule has 1 amide bonds. The van der Waals surface area contributed by atoms with Gasteiger partial charge in [0.1, 0.15) is 11.9 Å². The molecule has 2 aliphatic rings. The summed E-state index contributed by atoms with van der Waals surface area (Å²) in [7, 11) is 0. The van der Waals surface area contributed by atoms with Crippen molar-refractivity contribution in [1.82, 2.24) is 20.4 Å². The molecule has 1 aromatic heterocycles. The minimum atomic E-state index is -0.417. The van der Waals surface area contributed by atoms with Crippen LogP contribution in [0.4, 0.5) is 4.39 Å². The van der Waals surface area contributed by atoms with Gasteiger partial charge < -0.3 is 19.5 Å². The van der Waals surface area contributed by atoms with Gasteiger partial charge in [-0.2, -0.15) is 4.98 Å². The molecule has 2 aromatic rings. The zero-order valence-electron chi connectivity index (χ0n) is 14.4. The molecule has 2 saturated heterocycles. The second-order valence-corrected chi connectivity index (χ2v) is 6.65. The Morgan fingerprint density at radius 3 is 2.92 bits per heavy atom. The number of benzene rings is 1. The van der Waals surface area contributed by atoms with Gasteiger partial charge >= 0.3 is 0 Å². The first-order chi connectivity index (χ1) is 12.7. The number of halogens is 1. The zero-order valence-corrected chi connectivity index (χ0v) is 14.4. The third kappa shape index (κ3) is 3.61. The lowest BCUT2D eigenvalue weighted by Gasteiger charge is -2.34. The largest absolute Gasteiger partial charge is 0.366 e. The highest BCUT2D eigenvalue weighted by Gasteiger charge is 2.33. The summed E-state index contributed by atoms with van der Waals surface area (Å²) in [5, 5.41) is 7.19. The van der Waals surface area contributed by atoms with Crippen molar-refractivity contribution in [2.45, 2.75) is 24.9 Å². The summed E-state index contributed by atoms with van der Waals surface area (Å²) in [5.74, 6) is 0.664. The van der Waals surface area contributed by atoms with Crippen LogP contribution in [0.25, 0.3) is 11.4 Å². The van der Waals surface area contributed by atoms with E-state index in [1.165, 1.54) is 12.1 Å². The highest BCUT2D eigenvalue weighted by atomic mass is 19.1. The van der Waals surface area contributed by atoms with Crippen molar-refractivity contribution in [3.05, 3.63) is 36.0 Å². The molecule has 0 spiro atoms. The molecule has 2 atom stereocenters. The summed E-state index contributed by atoms with van der Waals surface area (Å²) >= 11 is 0. The molecule has 1 aromatic carbocycles. The Morgan fingerprint density at radius 2 is 2.15 bits per heavy atom. The second kappa shape index (κ2) is 7.51. The third-order valence-electron chi connectivity index (χ3n) is 4.83. The number of nitrogens with zero attached hydrogens (tertiary/aromatic N) is 3. The first kappa shape index (κ1) is 17.1. The number of piperidine rings is 1. The maximum absolute atomic E-state index is 13.1. The maximum Gasteiger partial charge on any atom is 0.253 e. The first-order valence-electron chi connectivity index (χ1n) is 8.91. The minimum Gasteiger partial charge on any atom is -0.366 e. The molecule has 0 aliphatic carbocycles. The van der Waals surface area contributed by atoms with Gasteiger partial charge in [0.2, 0.25) is 11.7 Å². The summed E-state index contributed by atoms with van der Waals surface area (Å²) in [6.07, 6.45) is 1.35. The number of carbonyl (C=O) groups is 1. The van der Waals surface area contributed by atoms with Gasteiger partial charge in [-0.25, -0.2) is 4.39 Å². The topological polar surface area (TPSA) is 80.5 Å². The van der Waals surface area contributed by atoms with E-state index in [1.54, 1.807) is 12.1 Å². The number of hydrogen-bond donors (Lipinski definition) is 1. The predicted octanol–water partition coefficient (Wildman–Crippen LogP) is 1.57. The fourth-order valence-electron chi connectivity index (χ4n) is 3.42. The molecule has 1 N–H and O–H groups in total. The fraction of sp³-hybridized carbons (Fsp3) is 0.500. The molecular formula is C18H21FN4O3. The molecule has 0 saturated carbocycles. The maximum atomic E-state index is 13.1. The quantitative estimate of drug-likeness (QED) is 0.895. The van der Waals surface area contributed by atoms with Crippen molar-refractivity contribution < 1.29 is 18.4 Å². The molecule has 138 valence electrons. The van der Waals surface area contributed by atoms with Crippen LogP contribution in [-0.2, 0) is 9.53 Å². The average molecular weight is 360 g/mol. The van der Waals surface area contributed by atoms with Crippen molar-refractivity contribution in [3.8, 4) is 11.4 Å². The van der Waals surface area contributed by atoms with Crippen LogP contribution in [0, 0.1) is 5.82 Å². The smallest absolute Gasteiger partial charge is 0.253 e. The van der Waals surface area contributed by atoms with E-state index in [9.17, 15) is 9.18 Å². The van der Waals surface area contributed by atoms with Crippen molar-refractivity contribution in [1.29, 1.82) is 0 Å². The van der Waals surface area contributed by atoms with Crippen LogP contribution >= 0.6 is 0 Å². The molecule has 4 rings (SSSR count). The molecule has 0 bridgehead atoms. The molecule has 2 unspecified atom stereocenters. The number of carbonyl (C=O) groups excluding carboxylic acids is 1. The molecule has 3 heterocycles. The standard InChI is InChI=1S/C18H21FN4O3/c19-14-5-3-12(4-6-14)16-21-17(26-22-16)13-2-1-8-23(11-13)18(24)15-10-20-7-9-25-15/h3-6,13,15,20H,1-2,7-11H2. The van der Waals surface area contributed by atoms with Crippen molar-refractivity contribution >= 4 is 5.91 Å². The molecule has 8 heteroatoms. The van der Waals surface area contributed by atoms with Gasteiger partial charge in [-0.3, -0.25) is 4.79 Å². The summed E-state index contributed by atoms with van der Waals surface area (Å²) in [6, 6.07) is 5.97. The van der Waals surface area contributed by atoms with E-state index in [2.05, 4.69) is 15.5 Å². The minimum absolute atomic E-state index is 0.00551. The monoisotopic (exact) mass is 360 g/mol. The summed E-state index contributed by atoms with van der Waals surface area (Å²) in [4.78, 5) is 18.9. The highest BCUT2D eigenvalue weighted by molar-refractivity contribution is 5.81. The molecule has 0 radical (unpaired) electrons. The molecular weight excluding hydrogens is 339 g/mol. The van der Waals surface area contributed by atoms with Crippen LogP contribution in [0.5, 0.6) is 0 Å². The number of aromatic nitrogens is 2. The highest BCUT2D eigenvalue weighted by Crippen LogP contribution is 2.28. The van der Waals surface area contributed by atoms with Gasteiger partial charge in [0.15, 0.2) is 0 Å². The molecule has 2 fully saturated rings. The Morgan fingerprint density at radius 1 is 1.31 bits per heavy atom. The number of ether oxygens (including phenoxy) is 1. The summed E-state index contributed by atoms with van der Waals surface area (Å²) in [5.41, 5.74) is 0.701. The van der Waals surface area contributed by atoms with Gasteiger partial charge in [0, 0.05) is 31.7 Å². The number of rotatable bonds is 3. The van der Waals surface area contributed by atoms with E-state index >= 15 is 0 Å². The van der Waals surface area contributed by atoms with E-state index in [-0.39, 0.29) is 17.6 Å². The van der Waals surface area contributed by atoms with E-state index in [1.807, 2.05) is 4.90 Å². The fourth-order valence-corrected chi connectivity index (χ4v) is 3.42. The van der Waals surface area contributed by atoms with Crippen LogP contribution in [0.15, 0.2) is 28.8 Å². The van der Waals surface area contributed by atoms with E-state index in [0.717, 1.165) is 19.4 Å². The molecule has 7 nitrogen and oxygen atoms in total. The number of hydrogen-bond acceptors (Lipinski definition) is 6. The summed E-state index contributed by atoms with van der Waals surface area (Å²) in [6.45, 7) is 3.14. The average Bonchev–Trinajstić information content (AvgIpc) is 3.19. The van der Waals surface area contributed by atoms with E-state index in [0.29, 0.717) is 43.5 Å². The van der Waals surface area contributed by atoms with Gasteiger partial charge in [0.25, 0.3) is 5.91 Å². The van der Waals surface area contributed by atoms with Crippen LogP contribution in [0.3, 0.4) is 0 Å². The second-order valence-electron chi connectivity index (χ2n) is 6.65. The first-order valence-corrected chi connectivity index (χ1v) is 8.91.